The molecule has 2 aromatic rings. The fourth-order valence-corrected chi connectivity index (χ4v) is 1.79. The number of benzene rings is 1. The normalized spacial score (nSPS) is 10.8. The molecule has 0 saturated heterocycles. The highest BCUT2D eigenvalue weighted by Gasteiger charge is 2.03. The first-order chi connectivity index (χ1) is 9.54. The predicted octanol–water partition coefficient (Wildman–Crippen LogP) is 2.00. The Morgan fingerprint density at radius 2 is 2.10 bits per heavy atom. The molecule has 4 N–H and O–H groups in total. The maximum Gasteiger partial charge on any atom is 0.239 e. The molecule has 0 spiro atoms. The minimum Gasteiger partial charge on any atom is -0.399 e. The number of rotatable bonds is 5. The van der Waals surface area contributed by atoms with Gasteiger partial charge in [-0.05, 0) is 36.2 Å². The Bertz CT molecular complexity index is 610. The summed E-state index contributed by atoms with van der Waals surface area (Å²) < 4.78 is 0. The Morgan fingerprint density at radius 3 is 2.85 bits per heavy atom. The Kier molecular flexibility index (Phi) is 4.40. The molecule has 0 radical (unpaired) electrons. The summed E-state index contributed by atoms with van der Waals surface area (Å²) in [6, 6.07) is 9.34. The molecule has 2 rings (SSSR count). The molecule has 0 atom stereocenters. The molecular formula is C15H20N4O. The minimum atomic E-state index is -0.0297. The number of nitrogens with one attached hydrogen (secondary N) is 2. The van der Waals surface area contributed by atoms with Gasteiger partial charge in [-0.1, -0.05) is 13.8 Å². The van der Waals surface area contributed by atoms with Gasteiger partial charge in [0.1, 0.15) is 5.82 Å². The number of pyridine rings is 1. The summed E-state index contributed by atoms with van der Waals surface area (Å²) in [5.41, 5.74) is 7.29. The van der Waals surface area contributed by atoms with Crippen molar-refractivity contribution in [3.8, 4) is 0 Å². The van der Waals surface area contributed by atoms with Crippen molar-refractivity contribution in [3.63, 3.8) is 0 Å². The van der Waals surface area contributed by atoms with Crippen molar-refractivity contribution in [1.82, 2.24) is 10.3 Å². The van der Waals surface area contributed by atoms with Gasteiger partial charge in [-0.25, -0.2) is 4.98 Å². The van der Waals surface area contributed by atoms with E-state index in [0.717, 1.165) is 10.9 Å². The molecule has 1 amide bonds. The number of nitrogen functional groups attached to an aromatic ring is 1. The highest BCUT2D eigenvalue weighted by molar-refractivity contribution is 5.84. The summed E-state index contributed by atoms with van der Waals surface area (Å²) in [6.07, 6.45) is 0. The van der Waals surface area contributed by atoms with Crippen molar-refractivity contribution in [2.75, 3.05) is 24.1 Å². The molecule has 1 aromatic carbocycles. The van der Waals surface area contributed by atoms with Crippen LogP contribution in [0, 0.1) is 5.92 Å². The third kappa shape index (κ3) is 3.85. The lowest BCUT2D eigenvalue weighted by Gasteiger charge is -2.09. The Hall–Kier alpha value is -2.30. The monoisotopic (exact) mass is 272 g/mol. The van der Waals surface area contributed by atoms with Crippen LogP contribution in [0.15, 0.2) is 30.3 Å². The molecule has 0 saturated carbocycles. The van der Waals surface area contributed by atoms with Crippen LogP contribution in [0.2, 0.25) is 0 Å². The van der Waals surface area contributed by atoms with E-state index in [2.05, 4.69) is 29.5 Å². The zero-order chi connectivity index (χ0) is 14.5. The van der Waals surface area contributed by atoms with E-state index in [1.807, 2.05) is 30.3 Å². The van der Waals surface area contributed by atoms with E-state index < -0.39 is 0 Å². The summed E-state index contributed by atoms with van der Waals surface area (Å²) in [4.78, 5) is 16.0. The maximum atomic E-state index is 11.6. The van der Waals surface area contributed by atoms with E-state index >= 15 is 0 Å². The second-order valence-corrected chi connectivity index (χ2v) is 5.20. The van der Waals surface area contributed by atoms with E-state index in [4.69, 9.17) is 5.73 Å². The minimum absolute atomic E-state index is 0.0297. The second kappa shape index (κ2) is 6.23. The second-order valence-electron chi connectivity index (χ2n) is 5.20. The quantitative estimate of drug-likeness (QED) is 0.727. The van der Waals surface area contributed by atoms with Crippen LogP contribution in [0.3, 0.4) is 0 Å². The van der Waals surface area contributed by atoms with Crippen LogP contribution in [0.5, 0.6) is 0 Å². The van der Waals surface area contributed by atoms with Gasteiger partial charge in [0, 0.05) is 17.6 Å². The van der Waals surface area contributed by atoms with Gasteiger partial charge in [0.05, 0.1) is 12.1 Å². The van der Waals surface area contributed by atoms with Gasteiger partial charge in [-0.3, -0.25) is 4.79 Å². The number of nitrogens with two attached hydrogens (primary N) is 1. The van der Waals surface area contributed by atoms with E-state index in [1.54, 1.807) is 0 Å². The van der Waals surface area contributed by atoms with Crippen molar-refractivity contribution in [3.05, 3.63) is 30.3 Å². The molecule has 0 bridgehead atoms. The summed E-state index contributed by atoms with van der Waals surface area (Å²) in [5.74, 6) is 1.10. The predicted molar refractivity (Wildman–Crippen MR) is 82.5 cm³/mol. The molecule has 1 heterocycles. The lowest BCUT2D eigenvalue weighted by molar-refractivity contribution is -0.119. The largest absolute Gasteiger partial charge is 0.399 e. The summed E-state index contributed by atoms with van der Waals surface area (Å²) in [7, 11) is 0. The summed E-state index contributed by atoms with van der Waals surface area (Å²) in [5, 5.41) is 6.86. The van der Waals surface area contributed by atoms with Crippen molar-refractivity contribution in [1.29, 1.82) is 0 Å². The fraction of sp³-hybridized carbons (Fsp3) is 0.333. The number of carbonyl (C=O) groups is 1. The number of nitrogens with zero attached hydrogens (tertiary/aromatic N) is 1. The highest BCUT2D eigenvalue weighted by Crippen LogP contribution is 2.17. The first-order valence-corrected chi connectivity index (χ1v) is 6.71. The summed E-state index contributed by atoms with van der Waals surface area (Å²) >= 11 is 0. The van der Waals surface area contributed by atoms with Gasteiger partial charge >= 0.3 is 0 Å². The number of aromatic nitrogens is 1. The van der Waals surface area contributed by atoms with Crippen LogP contribution in [-0.2, 0) is 4.79 Å². The maximum absolute atomic E-state index is 11.6. The average Bonchev–Trinajstić information content (AvgIpc) is 2.42. The third-order valence-corrected chi connectivity index (χ3v) is 2.85. The van der Waals surface area contributed by atoms with Crippen LogP contribution in [0.25, 0.3) is 10.9 Å². The van der Waals surface area contributed by atoms with Gasteiger partial charge in [0.2, 0.25) is 5.91 Å². The van der Waals surface area contributed by atoms with Crippen LogP contribution >= 0.6 is 0 Å². The van der Waals surface area contributed by atoms with Crippen LogP contribution in [-0.4, -0.2) is 24.0 Å². The third-order valence-electron chi connectivity index (χ3n) is 2.85. The van der Waals surface area contributed by atoms with E-state index in [9.17, 15) is 4.79 Å². The highest BCUT2D eigenvalue weighted by atomic mass is 16.1. The topological polar surface area (TPSA) is 80.0 Å². The lowest BCUT2D eigenvalue weighted by Crippen LogP contribution is -2.32. The Labute approximate surface area is 118 Å². The van der Waals surface area contributed by atoms with Gasteiger partial charge in [0.25, 0.3) is 0 Å². The number of anilines is 2. The SMILES string of the molecule is CC(C)CNC(=O)CNc1ccc2cc(N)ccc2n1. The molecular weight excluding hydrogens is 252 g/mol. The van der Waals surface area contributed by atoms with E-state index in [-0.39, 0.29) is 12.5 Å². The van der Waals surface area contributed by atoms with Crippen molar-refractivity contribution in [2.24, 2.45) is 5.92 Å². The van der Waals surface area contributed by atoms with Gasteiger partial charge in [0.15, 0.2) is 0 Å². The lowest BCUT2D eigenvalue weighted by atomic mass is 10.2. The van der Waals surface area contributed by atoms with Crippen LogP contribution in [0.1, 0.15) is 13.8 Å². The standard InChI is InChI=1S/C15H20N4O/c1-10(2)8-18-15(20)9-17-14-6-3-11-7-12(16)4-5-13(11)19-14/h3-7,10H,8-9,16H2,1-2H3,(H,17,19)(H,18,20). The first kappa shape index (κ1) is 14.1. The molecule has 0 unspecified atom stereocenters. The van der Waals surface area contributed by atoms with Gasteiger partial charge in [-0.15, -0.1) is 0 Å². The van der Waals surface area contributed by atoms with E-state index in [1.165, 1.54) is 0 Å². The smallest absolute Gasteiger partial charge is 0.239 e. The molecule has 5 nitrogen and oxygen atoms in total. The van der Waals surface area contributed by atoms with Crippen molar-refractivity contribution in [2.45, 2.75) is 13.8 Å². The van der Waals surface area contributed by atoms with E-state index in [0.29, 0.717) is 24.0 Å². The zero-order valence-electron chi connectivity index (χ0n) is 11.8. The van der Waals surface area contributed by atoms with Gasteiger partial charge in [-0.2, -0.15) is 0 Å². The first-order valence-electron chi connectivity index (χ1n) is 6.71. The van der Waals surface area contributed by atoms with Crippen LogP contribution in [0.4, 0.5) is 11.5 Å². The number of hydrogen-bond acceptors (Lipinski definition) is 4. The average molecular weight is 272 g/mol. The fourth-order valence-electron chi connectivity index (χ4n) is 1.79. The Balaban J connectivity index is 1.96. The zero-order valence-corrected chi connectivity index (χ0v) is 11.8. The molecule has 0 aliphatic rings. The number of hydrogen-bond donors (Lipinski definition) is 3. The Morgan fingerprint density at radius 1 is 1.30 bits per heavy atom. The molecule has 1 aromatic heterocycles. The molecule has 5 heteroatoms. The number of amides is 1. The van der Waals surface area contributed by atoms with Gasteiger partial charge < -0.3 is 16.4 Å². The number of carbonyl (C=O) groups excluding carboxylic acids is 1. The van der Waals surface area contributed by atoms with Crippen molar-refractivity contribution < 1.29 is 4.79 Å². The molecule has 0 aliphatic carbocycles. The molecule has 0 fully saturated rings. The molecule has 20 heavy (non-hydrogen) atoms. The van der Waals surface area contributed by atoms with Crippen LogP contribution < -0.4 is 16.4 Å². The molecule has 106 valence electrons. The number of fused-ring (bicyclic) bond motifs is 1. The molecule has 0 aliphatic heterocycles. The summed E-state index contributed by atoms with van der Waals surface area (Å²) in [6.45, 7) is 5.03. The van der Waals surface area contributed by atoms with Crippen molar-refractivity contribution >= 4 is 28.3 Å².